The lowest BCUT2D eigenvalue weighted by Gasteiger charge is -2.22. The van der Waals surface area contributed by atoms with Gasteiger partial charge in [-0.1, -0.05) is 62.1 Å². The smallest absolute Gasteiger partial charge is 0.145 e. The third-order valence-corrected chi connectivity index (χ3v) is 7.31. The molecule has 0 saturated carbocycles. The quantitative estimate of drug-likeness (QED) is 0.465. The van der Waals surface area contributed by atoms with Crippen LogP contribution in [0.1, 0.15) is 11.1 Å². The van der Waals surface area contributed by atoms with Gasteiger partial charge in [-0.05, 0) is 24.1 Å². The highest BCUT2D eigenvalue weighted by atomic mass is 28.3. The fraction of sp³-hybridized carbons (Fsp3) is 0.261. The molecule has 2 aromatic heterocycles. The molecule has 0 amide bonds. The molecule has 0 bridgehead atoms. The van der Waals surface area contributed by atoms with Gasteiger partial charge in [0.2, 0.25) is 0 Å². The van der Waals surface area contributed by atoms with Gasteiger partial charge in [0.05, 0.1) is 20.7 Å². The fourth-order valence-electron chi connectivity index (χ4n) is 4.25. The predicted octanol–water partition coefficient (Wildman–Crippen LogP) is 5.10. The van der Waals surface area contributed by atoms with E-state index in [9.17, 15) is 0 Å². The Hall–Kier alpha value is -2.59. The van der Waals surface area contributed by atoms with Crippen LogP contribution in [-0.2, 0) is 6.54 Å². The second kappa shape index (κ2) is 6.53. The monoisotopic (exact) mass is 374 g/mol. The van der Waals surface area contributed by atoms with Gasteiger partial charge in [-0.25, -0.2) is 0 Å². The van der Waals surface area contributed by atoms with Gasteiger partial charge in [-0.15, -0.1) is 0 Å². The summed E-state index contributed by atoms with van der Waals surface area (Å²) >= 11 is 0. The van der Waals surface area contributed by atoms with E-state index < -0.39 is 8.07 Å². The summed E-state index contributed by atoms with van der Waals surface area (Å²) in [5.41, 5.74) is 4.90. The molecule has 2 aromatic carbocycles. The zero-order valence-corrected chi connectivity index (χ0v) is 17.7. The van der Waals surface area contributed by atoms with Crippen LogP contribution in [0.15, 0.2) is 54.7 Å². The second-order valence-electron chi connectivity index (χ2n) is 8.17. The second-order valence-corrected chi connectivity index (χ2v) is 13.1. The van der Waals surface area contributed by atoms with Gasteiger partial charge in [0, 0.05) is 28.8 Å². The van der Waals surface area contributed by atoms with E-state index in [0.29, 0.717) is 0 Å². The number of nitrogens with zero attached hydrogens (tertiary/aromatic N) is 2. The van der Waals surface area contributed by atoms with Crippen molar-refractivity contribution < 1.29 is 4.74 Å². The number of benzene rings is 2. The maximum absolute atomic E-state index is 5.58. The molecule has 0 atom stereocenters. The maximum atomic E-state index is 5.58. The Morgan fingerprint density at radius 1 is 0.963 bits per heavy atom. The minimum absolute atomic E-state index is 0.828. The average Bonchev–Trinajstić information content (AvgIpc) is 2.94. The molecule has 0 N–H and O–H groups in total. The van der Waals surface area contributed by atoms with E-state index in [-0.39, 0.29) is 0 Å². The van der Waals surface area contributed by atoms with Crippen LogP contribution in [0.2, 0.25) is 19.6 Å². The molecule has 0 spiro atoms. The predicted molar refractivity (Wildman–Crippen MR) is 117 cm³/mol. The van der Waals surface area contributed by atoms with Crippen LogP contribution in [0.3, 0.4) is 0 Å². The van der Waals surface area contributed by atoms with Crippen molar-refractivity contribution in [3.63, 3.8) is 0 Å². The molecule has 27 heavy (non-hydrogen) atoms. The lowest BCUT2D eigenvalue weighted by Crippen LogP contribution is -2.44. The number of aromatic nitrogens is 2. The standard InChI is InChI=1S/C23H26N2OSi/c1-16-19-14-24-21-18(12-9-13-20(21)26-2)22(19)25(23(16)27(3,4)5)15-17-10-7-6-8-11-17/h6-14H,15H2,1-5H3. The number of rotatable bonds is 4. The molecule has 4 heteroatoms. The van der Waals surface area contributed by atoms with Crippen LogP contribution >= 0.6 is 0 Å². The third kappa shape index (κ3) is 2.94. The van der Waals surface area contributed by atoms with E-state index in [1.165, 1.54) is 27.3 Å². The van der Waals surface area contributed by atoms with E-state index in [4.69, 9.17) is 9.72 Å². The van der Waals surface area contributed by atoms with E-state index >= 15 is 0 Å². The van der Waals surface area contributed by atoms with E-state index in [0.717, 1.165) is 23.2 Å². The molecule has 4 rings (SSSR count). The molecule has 138 valence electrons. The van der Waals surface area contributed by atoms with Crippen molar-refractivity contribution in [2.75, 3.05) is 7.11 Å². The Labute approximate surface area is 161 Å². The molecule has 0 radical (unpaired) electrons. The van der Waals surface area contributed by atoms with Gasteiger partial charge in [0.15, 0.2) is 0 Å². The van der Waals surface area contributed by atoms with Gasteiger partial charge in [0.25, 0.3) is 0 Å². The van der Waals surface area contributed by atoms with Gasteiger partial charge < -0.3 is 9.30 Å². The van der Waals surface area contributed by atoms with E-state index in [1.54, 1.807) is 7.11 Å². The Balaban J connectivity index is 2.12. The average molecular weight is 375 g/mol. The number of methoxy groups -OCH3 is 1. The molecule has 0 unspecified atom stereocenters. The lowest BCUT2D eigenvalue weighted by molar-refractivity contribution is 0.419. The molecule has 0 saturated heterocycles. The summed E-state index contributed by atoms with van der Waals surface area (Å²) in [6, 6.07) is 16.9. The normalized spacial score (nSPS) is 12.0. The number of para-hydroxylation sites is 1. The summed E-state index contributed by atoms with van der Waals surface area (Å²) in [6.45, 7) is 10.4. The minimum Gasteiger partial charge on any atom is -0.494 e. The summed E-state index contributed by atoms with van der Waals surface area (Å²) in [6.07, 6.45) is 2.03. The van der Waals surface area contributed by atoms with Crippen LogP contribution in [0.25, 0.3) is 21.8 Å². The van der Waals surface area contributed by atoms with E-state index in [2.05, 4.69) is 73.6 Å². The number of hydrogen-bond donors (Lipinski definition) is 0. The van der Waals surface area contributed by atoms with Crippen molar-refractivity contribution >= 4 is 35.2 Å². The number of ether oxygens (including phenoxy) is 1. The van der Waals surface area contributed by atoms with Crippen molar-refractivity contribution in [2.45, 2.75) is 33.1 Å². The summed E-state index contributed by atoms with van der Waals surface area (Å²) in [7, 11) is 0.146. The van der Waals surface area contributed by atoms with Crippen molar-refractivity contribution in [1.82, 2.24) is 9.55 Å². The summed E-state index contributed by atoms with van der Waals surface area (Å²) < 4.78 is 8.11. The van der Waals surface area contributed by atoms with Gasteiger partial charge in [-0.3, -0.25) is 4.98 Å². The number of hydrogen-bond acceptors (Lipinski definition) is 2. The minimum atomic E-state index is -1.56. The first-order valence-electron chi connectivity index (χ1n) is 9.40. The molecular formula is C23H26N2OSi. The molecule has 0 aliphatic heterocycles. The van der Waals surface area contributed by atoms with Crippen LogP contribution in [0, 0.1) is 6.92 Å². The molecular weight excluding hydrogens is 348 g/mol. The Kier molecular flexibility index (Phi) is 4.31. The van der Waals surface area contributed by atoms with Crippen molar-refractivity contribution in [2.24, 2.45) is 0 Å². The summed E-state index contributed by atoms with van der Waals surface area (Å²) in [5.74, 6) is 0.828. The van der Waals surface area contributed by atoms with Crippen molar-refractivity contribution in [1.29, 1.82) is 0 Å². The molecule has 0 aliphatic carbocycles. The zero-order valence-electron chi connectivity index (χ0n) is 16.7. The largest absolute Gasteiger partial charge is 0.494 e. The highest BCUT2D eigenvalue weighted by Crippen LogP contribution is 2.32. The Bertz CT molecular complexity index is 1120. The van der Waals surface area contributed by atoms with Crippen LogP contribution < -0.4 is 10.1 Å². The highest BCUT2D eigenvalue weighted by molar-refractivity contribution is 6.88. The van der Waals surface area contributed by atoms with Crippen molar-refractivity contribution in [3.05, 3.63) is 65.9 Å². The first kappa shape index (κ1) is 17.8. The van der Waals surface area contributed by atoms with Gasteiger partial charge in [-0.2, -0.15) is 0 Å². The highest BCUT2D eigenvalue weighted by Gasteiger charge is 2.27. The lowest BCUT2D eigenvalue weighted by atomic mass is 10.1. The molecule has 0 fully saturated rings. The summed E-state index contributed by atoms with van der Waals surface area (Å²) in [5, 5.41) is 3.91. The first-order chi connectivity index (χ1) is 12.9. The Morgan fingerprint density at radius 2 is 1.70 bits per heavy atom. The van der Waals surface area contributed by atoms with Gasteiger partial charge >= 0.3 is 0 Å². The zero-order chi connectivity index (χ0) is 19.2. The Morgan fingerprint density at radius 3 is 2.37 bits per heavy atom. The molecule has 3 nitrogen and oxygen atoms in total. The molecule has 4 aromatic rings. The van der Waals surface area contributed by atoms with E-state index in [1.807, 2.05) is 12.3 Å². The van der Waals surface area contributed by atoms with Crippen LogP contribution in [-0.4, -0.2) is 24.7 Å². The van der Waals surface area contributed by atoms with Gasteiger partial charge in [0.1, 0.15) is 11.3 Å². The first-order valence-corrected chi connectivity index (χ1v) is 12.9. The van der Waals surface area contributed by atoms with Crippen LogP contribution in [0.5, 0.6) is 5.75 Å². The van der Waals surface area contributed by atoms with Crippen molar-refractivity contribution in [3.8, 4) is 5.75 Å². The third-order valence-electron chi connectivity index (χ3n) is 5.24. The fourth-order valence-corrected chi connectivity index (χ4v) is 6.51. The molecule has 2 heterocycles. The number of pyridine rings is 1. The number of aryl methyl sites for hydroxylation is 1. The maximum Gasteiger partial charge on any atom is 0.145 e. The molecule has 0 aliphatic rings. The number of fused-ring (bicyclic) bond motifs is 3. The topological polar surface area (TPSA) is 27.1 Å². The summed E-state index contributed by atoms with van der Waals surface area (Å²) in [4.78, 5) is 4.76. The SMILES string of the molecule is COc1cccc2c1ncc1c(C)c([Si](C)(C)C)n(Cc3ccccc3)c12. The van der Waals surface area contributed by atoms with Crippen LogP contribution in [0.4, 0.5) is 0 Å².